The summed E-state index contributed by atoms with van der Waals surface area (Å²) in [4.78, 5) is 33.3. The van der Waals surface area contributed by atoms with Crippen molar-refractivity contribution in [3.8, 4) is 11.8 Å². The normalized spacial score (nSPS) is 15.7. The molecule has 0 fully saturated rings. The number of carbonyl (C=O) groups is 1. The number of H-pyrrole nitrogens is 1. The van der Waals surface area contributed by atoms with Crippen LogP contribution in [-0.4, -0.2) is 53.3 Å². The number of likely N-dealkylation sites (N-methyl/N-ethyl adjacent to an activating group) is 1. The first-order valence-electron chi connectivity index (χ1n) is 10.9. The minimum absolute atomic E-state index is 0.0427. The van der Waals surface area contributed by atoms with Crippen molar-refractivity contribution in [2.75, 3.05) is 20.3 Å². The fraction of sp³-hybridized carbons (Fsp3) is 0.478. The molecule has 0 saturated carbocycles. The third-order valence-electron chi connectivity index (χ3n) is 5.52. The van der Waals surface area contributed by atoms with Crippen molar-refractivity contribution in [1.82, 2.24) is 14.9 Å². The first-order chi connectivity index (χ1) is 15.8. The average molecular weight is 462 g/mol. The van der Waals surface area contributed by atoms with Gasteiger partial charge in [-0.15, -0.1) is 0 Å². The number of fused-ring (bicyclic) bond motifs is 1. The number of para-hydroxylation sites is 1. The van der Waals surface area contributed by atoms with E-state index < -0.39 is 23.8 Å². The number of carbonyl (C=O) groups excluding carboxylic acids is 1. The molecule has 0 aliphatic carbocycles. The second-order valence-electron chi connectivity index (χ2n) is 7.93. The smallest absolute Gasteiger partial charge is 0.297 e. The molecule has 1 aliphatic rings. The highest BCUT2D eigenvalue weighted by Crippen LogP contribution is 2.30. The SMILES string of the molecule is Cc1ccccc1OCCCOc1nc2c(c(=O)[nH]1)C(CCCCC(F)F)C(=N)N(C)C2=O. The summed E-state index contributed by atoms with van der Waals surface area (Å²) in [5.41, 5.74) is 0.491. The summed E-state index contributed by atoms with van der Waals surface area (Å²) in [7, 11) is 1.44. The van der Waals surface area contributed by atoms with Crippen molar-refractivity contribution in [1.29, 1.82) is 5.41 Å². The van der Waals surface area contributed by atoms with Gasteiger partial charge in [0, 0.05) is 25.8 Å². The molecule has 0 radical (unpaired) electrons. The molecular weight excluding hydrogens is 434 g/mol. The second kappa shape index (κ2) is 11.0. The van der Waals surface area contributed by atoms with Gasteiger partial charge in [-0.25, -0.2) is 8.78 Å². The van der Waals surface area contributed by atoms with Gasteiger partial charge in [-0.05, 0) is 31.4 Å². The van der Waals surface area contributed by atoms with Crippen LogP contribution < -0.4 is 15.0 Å². The van der Waals surface area contributed by atoms with Gasteiger partial charge in [0.1, 0.15) is 17.3 Å². The van der Waals surface area contributed by atoms with Crippen LogP contribution in [0, 0.1) is 12.3 Å². The number of nitrogens with zero attached hydrogens (tertiary/aromatic N) is 2. The van der Waals surface area contributed by atoms with Crippen molar-refractivity contribution in [2.24, 2.45) is 0 Å². The minimum atomic E-state index is -2.39. The van der Waals surface area contributed by atoms with Crippen LogP contribution in [0.5, 0.6) is 11.8 Å². The zero-order valence-corrected chi connectivity index (χ0v) is 18.7. The molecule has 1 atom stereocenters. The zero-order valence-electron chi connectivity index (χ0n) is 18.7. The molecule has 3 rings (SSSR count). The van der Waals surface area contributed by atoms with Crippen LogP contribution in [0.25, 0.3) is 0 Å². The number of hydrogen-bond acceptors (Lipinski definition) is 6. The topological polar surface area (TPSA) is 108 Å². The molecule has 33 heavy (non-hydrogen) atoms. The fourth-order valence-electron chi connectivity index (χ4n) is 3.71. The van der Waals surface area contributed by atoms with Crippen LogP contribution in [-0.2, 0) is 0 Å². The summed E-state index contributed by atoms with van der Waals surface area (Å²) >= 11 is 0. The van der Waals surface area contributed by atoms with Crippen LogP contribution in [0.4, 0.5) is 8.78 Å². The third-order valence-corrected chi connectivity index (χ3v) is 5.52. The van der Waals surface area contributed by atoms with Gasteiger partial charge >= 0.3 is 0 Å². The number of nitrogens with one attached hydrogen (secondary N) is 2. The van der Waals surface area contributed by atoms with E-state index in [9.17, 15) is 18.4 Å². The first kappa shape index (κ1) is 24.3. The Bertz CT molecular complexity index is 1060. The molecule has 1 aliphatic heterocycles. The van der Waals surface area contributed by atoms with Crippen LogP contribution >= 0.6 is 0 Å². The minimum Gasteiger partial charge on any atom is -0.493 e. The number of aryl methyl sites for hydroxylation is 1. The average Bonchev–Trinajstić information content (AvgIpc) is 2.78. The van der Waals surface area contributed by atoms with Gasteiger partial charge in [-0.2, -0.15) is 4.98 Å². The summed E-state index contributed by atoms with van der Waals surface area (Å²) in [5.74, 6) is -0.516. The molecule has 2 heterocycles. The van der Waals surface area contributed by atoms with Crippen molar-refractivity contribution < 1.29 is 23.0 Å². The zero-order chi connectivity index (χ0) is 24.0. The molecule has 1 unspecified atom stereocenters. The number of benzene rings is 1. The second-order valence-corrected chi connectivity index (χ2v) is 7.93. The number of aromatic amines is 1. The van der Waals surface area contributed by atoms with E-state index in [1.807, 2.05) is 31.2 Å². The van der Waals surface area contributed by atoms with Gasteiger partial charge in [0.25, 0.3) is 17.5 Å². The van der Waals surface area contributed by atoms with Gasteiger partial charge in [-0.3, -0.25) is 24.9 Å². The van der Waals surface area contributed by atoms with E-state index in [2.05, 4.69) is 9.97 Å². The van der Waals surface area contributed by atoms with Gasteiger partial charge in [0.15, 0.2) is 0 Å². The molecule has 1 aromatic heterocycles. The van der Waals surface area contributed by atoms with Gasteiger partial charge < -0.3 is 9.47 Å². The third kappa shape index (κ3) is 5.94. The van der Waals surface area contributed by atoms with E-state index >= 15 is 0 Å². The maximum absolute atomic E-state index is 12.8. The predicted octanol–water partition coefficient (Wildman–Crippen LogP) is 3.90. The summed E-state index contributed by atoms with van der Waals surface area (Å²) in [6.07, 6.45) is -1.13. The lowest BCUT2D eigenvalue weighted by Crippen LogP contribution is -2.45. The Morgan fingerprint density at radius 1 is 1.15 bits per heavy atom. The van der Waals surface area contributed by atoms with Gasteiger partial charge in [0.2, 0.25) is 6.43 Å². The maximum Gasteiger partial charge on any atom is 0.297 e. The Kier molecular flexibility index (Phi) is 8.13. The molecule has 178 valence electrons. The van der Waals surface area contributed by atoms with E-state index in [1.165, 1.54) is 7.05 Å². The van der Waals surface area contributed by atoms with E-state index in [0.717, 1.165) is 16.2 Å². The highest BCUT2D eigenvalue weighted by molar-refractivity contribution is 6.11. The number of alkyl halides is 2. The summed E-state index contributed by atoms with van der Waals surface area (Å²) in [6.45, 7) is 2.57. The van der Waals surface area contributed by atoms with Crippen molar-refractivity contribution >= 4 is 11.7 Å². The molecule has 2 aromatic rings. The Morgan fingerprint density at radius 3 is 2.61 bits per heavy atom. The molecular formula is C23H28F2N4O4. The molecule has 0 saturated heterocycles. The molecule has 0 spiro atoms. The summed E-state index contributed by atoms with van der Waals surface area (Å²) in [6, 6.07) is 7.56. The fourth-order valence-corrected chi connectivity index (χ4v) is 3.71. The van der Waals surface area contributed by atoms with Gasteiger partial charge in [0.05, 0.1) is 18.8 Å². The molecule has 1 amide bonds. The quantitative estimate of drug-likeness (QED) is 0.493. The summed E-state index contributed by atoms with van der Waals surface area (Å²) in [5, 5.41) is 8.26. The monoisotopic (exact) mass is 462 g/mol. The van der Waals surface area contributed by atoms with Gasteiger partial charge in [-0.1, -0.05) is 24.6 Å². The largest absolute Gasteiger partial charge is 0.493 e. The highest BCUT2D eigenvalue weighted by Gasteiger charge is 2.37. The van der Waals surface area contributed by atoms with Crippen molar-refractivity contribution in [3.63, 3.8) is 0 Å². The number of hydrogen-bond donors (Lipinski definition) is 2. The lowest BCUT2D eigenvalue weighted by atomic mass is 9.88. The lowest BCUT2D eigenvalue weighted by Gasteiger charge is -2.31. The first-order valence-corrected chi connectivity index (χ1v) is 10.9. The number of amides is 1. The number of halogens is 2. The molecule has 10 heteroatoms. The highest BCUT2D eigenvalue weighted by atomic mass is 19.3. The Hall–Kier alpha value is -3.30. The van der Waals surface area contributed by atoms with Crippen LogP contribution in [0.3, 0.4) is 0 Å². The molecule has 2 N–H and O–H groups in total. The lowest BCUT2D eigenvalue weighted by molar-refractivity contribution is 0.0848. The standard InChI is InChI=1S/C23H28F2N4O4/c1-14-8-3-5-10-16(14)32-12-7-13-33-23-27-19-18(21(30)28-23)15(9-4-6-11-17(24)25)20(26)29(2)22(19)31/h3,5,8,10,15,17,26H,4,6-7,9,11-13H2,1-2H3,(H,27,28,30). The Balaban J connectivity index is 1.64. The van der Waals surface area contributed by atoms with E-state index in [4.69, 9.17) is 14.9 Å². The maximum atomic E-state index is 12.8. The van der Waals surface area contributed by atoms with E-state index in [-0.39, 0.29) is 42.6 Å². The Labute approximate surface area is 190 Å². The molecule has 8 nitrogen and oxygen atoms in total. The number of aromatic nitrogens is 2. The summed E-state index contributed by atoms with van der Waals surface area (Å²) < 4.78 is 36.1. The van der Waals surface area contributed by atoms with Crippen LogP contribution in [0.2, 0.25) is 0 Å². The number of ether oxygens (including phenoxy) is 2. The van der Waals surface area contributed by atoms with Crippen molar-refractivity contribution in [2.45, 2.75) is 51.4 Å². The predicted molar refractivity (Wildman–Crippen MR) is 119 cm³/mol. The van der Waals surface area contributed by atoms with Crippen LogP contribution in [0.1, 0.15) is 59.6 Å². The van der Waals surface area contributed by atoms with E-state index in [1.54, 1.807) is 0 Å². The Morgan fingerprint density at radius 2 is 1.88 bits per heavy atom. The number of rotatable bonds is 11. The number of unbranched alkanes of at least 4 members (excludes halogenated alkanes) is 1. The van der Waals surface area contributed by atoms with Crippen LogP contribution in [0.15, 0.2) is 29.1 Å². The van der Waals surface area contributed by atoms with E-state index in [0.29, 0.717) is 25.9 Å². The number of amidine groups is 1. The molecule has 0 bridgehead atoms. The molecule has 1 aromatic carbocycles. The van der Waals surface area contributed by atoms with Crippen molar-refractivity contribution in [3.05, 3.63) is 51.4 Å².